The summed E-state index contributed by atoms with van der Waals surface area (Å²) in [5.41, 5.74) is 7.25. The normalized spacial score (nSPS) is 10.7. The van der Waals surface area contributed by atoms with Gasteiger partial charge in [0, 0.05) is 23.6 Å². The number of carbonyl (C=O) groups is 1. The summed E-state index contributed by atoms with van der Waals surface area (Å²) in [5.74, 6) is -0.142. The van der Waals surface area contributed by atoms with Crippen LogP contribution in [0.25, 0.3) is 10.9 Å². The Morgan fingerprint density at radius 3 is 2.61 bits per heavy atom. The van der Waals surface area contributed by atoms with E-state index in [2.05, 4.69) is 26.2 Å². The lowest BCUT2D eigenvalue weighted by molar-refractivity contribution is 0.100. The van der Waals surface area contributed by atoms with Crippen LogP contribution in [0.4, 0.5) is 10.2 Å². The number of nitrogens with two attached hydrogens (primary N) is 1. The van der Waals surface area contributed by atoms with Gasteiger partial charge in [-0.1, -0.05) is 12.1 Å². The second kappa shape index (κ2) is 6.34. The molecule has 3 rings (SSSR count). The topological polar surface area (TPSA) is 68.0 Å². The lowest BCUT2D eigenvalue weighted by Gasteiger charge is -2.08. The van der Waals surface area contributed by atoms with Crippen LogP contribution in [-0.2, 0) is 6.54 Å². The van der Waals surface area contributed by atoms with Gasteiger partial charge in [-0.05, 0) is 51.8 Å². The number of pyridine rings is 1. The monoisotopic (exact) mass is 373 g/mol. The van der Waals surface area contributed by atoms with Crippen molar-refractivity contribution >= 4 is 38.6 Å². The van der Waals surface area contributed by atoms with Gasteiger partial charge < -0.3 is 11.1 Å². The largest absolute Gasteiger partial charge is 0.366 e. The molecule has 116 valence electrons. The first-order valence-corrected chi connectivity index (χ1v) is 7.70. The van der Waals surface area contributed by atoms with Gasteiger partial charge in [0.2, 0.25) is 5.91 Å². The average molecular weight is 374 g/mol. The van der Waals surface area contributed by atoms with E-state index in [0.717, 1.165) is 10.9 Å². The summed E-state index contributed by atoms with van der Waals surface area (Å²) >= 11 is 3.16. The lowest BCUT2D eigenvalue weighted by Crippen LogP contribution is -2.10. The van der Waals surface area contributed by atoms with E-state index in [9.17, 15) is 9.18 Å². The molecule has 1 aromatic heterocycles. The quantitative estimate of drug-likeness (QED) is 0.729. The zero-order valence-electron chi connectivity index (χ0n) is 12.0. The molecule has 2 aromatic carbocycles. The minimum absolute atomic E-state index is 0.343. The fourth-order valence-electron chi connectivity index (χ4n) is 2.20. The SMILES string of the molecule is NC(=O)c1ccc(CNc2ccc3cc(Br)c(F)cc3n2)cc1. The van der Waals surface area contributed by atoms with Crippen LogP contribution in [0.3, 0.4) is 0 Å². The smallest absolute Gasteiger partial charge is 0.248 e. The van der Waals surface area contributed by atoms with Crippen molar-refractivity contribution in [3.8, 4) is 0 Å². The highest BCUT2D eigenvalue weighted by Gasteiger charge is 2.05. The molecular formula is C17H13BrFN3O. The Morgan fingerprint density at radius 2 is 1.91 bits per heavy atom. The number of amides is 1. The summed E-state index contributed by atoms with van der Waals surface area (Å²) in [6.45, 7) is 0.538. The van der Waals surface area contributed by atoms with E-state index < -0.39 is 5.91 Å². The molecule has 0 saturated heterocycles. The van der Waals surface area contributed by atoms with Gasteiger partial charge >= 0.3 is 0 Å². The predicted molar refractivity (Wildman–Crippen MR) is 91.7 cm³/mol. The van der Waals surface area contributed by atoms with E-state index in [-0.39, 0.29) is 5.82 Å². The molecule has 4 nitrogen and oxygen atoms in total. The Labute approximate surface area is 140 Å². The van der Waals surface area contributed by atoms with Crippen LogP contribution in [0.5, 0.6) is 0 Å². The third-order valence-electron chi connectivity index (χ3n) is 3.44. The summed E-state index contributed by atoms with van der Waals surface area (Å²) in [6.07, 6.45) is 0. The molecule has 0 saturated carbocycles. The molecule has 1 heterocycles. The molecule has 23 heavy (non-hydrogen) atoms. The van der Waals surface area contributed by atoms with Crippen molar-refractivity contribution < 1.29 is 9.18 Å². The van der Waals surface area contributed by atoms with Crippen LogP contribution in [0, 0.1) is 5.82 Å². The summed E-state index contributed by atoms with van der Waals surface area (Å²) in [4.78, 5) is 15.4. The van der Waals surface area contributed by atoms with E-state index in [1.165, 1.54) is 6.07 Å². The number of nitrogens with one attached hydrogen (secondary N) is 1. The van der Waals surface area contributed by atoms with Crippen molar-refractivity contribution in [1.29, 1.82) is 0 Å². The Morgan fingerprint density at radius 1 is 1.17 bits per heavy atom. The first kappa shape index (κ1) is 15.4. The van der Waals surface area contributed by atoms with Gasteiger partial charge in [0.05, 0.1) is 9.99 Å². The van der Waals surface area contributed by atoms with Gasteiger partial charge in [0.1, 0.15) is 11.6 Å². The number of nitrogens with zero attached hydrogens (tertiary/aromatic N) is 1. The Balaban J connectivity index is 1.76. The summed E-state index contributed by atoms with van der Waals surface area (Å²) in [6, 6.07) is 13.8. The van der Waals surface area contributed by atoms with Crippen LogP contribution < -0.4 is 11.1 Å². The van der Waals surface area contributed by atoms with Gasteiger partial charge in [-0.15, -0.1) is 0 Å². The number of rotatable bonds is 4. The zero-order chi connectivity index (χ0) is 16.4. The van der Waals surface area contributed by atoms with Crippen LogP contribution in [0.1, 0.15) is 15.9 Å². The van der Waals surface area contributed by atoms with E-state index in [4.69, 9.17) is 5.73 Å². The summed E-state index contributed by atoms with van der Waals surface area (Å²) in [7, 11) is 0. The van der Waals surface area contributed by atoms with Crippen molar-refractivity contribution in [2.24, 2.45) is 5.73 Å². The maximum absolute atomic E-state index is 13.6. The number of hydrogen-bond acceptors (Lipinski definition) is 3. The zero-order valence-corrected chi connectivity index (χ0v) is 13.6. The van der Waals surface area contributed by atoms with Gasteiger partial charge in [0.15, 0.2) is 0 Å². The molecule has 1 amide bonds. The molecule has 3 N–H and O–H groups in total. The molecule has 0 fully saturated rings. The molecule has 0 radical (unpaired) electrons. The lowest BCUT2D eigenvalue weighted by atomic mass is 10.1. The number of fused-ring (bicyclic) bond motifs is 1. The highest BCUT2D eigenvalue weighted by Crippen LogP contribution is 2.23. The van der Waals surface area contributed by atoms with Crippen molar-refractivity contribution in [3.05, 3.63) is 69.9 Å². The van der Waals surface area contributed by atoms with Gasteiger partial charge in [0.25, 0.3) is 0 Å². The molecule has 0 bridgehead atoms. The Kier molecular flexibility index (Phi) is 4.25. The number of primary amides is 1. The standard InChI is InChI=1S/C17H13BrFN3O/c18-13-7-12-5-6-16(22-15(12)8-14(13)19)21-9-10-1-3-11(4-2-10)17(20)23/h1-8H,9H2,(H2,20,23)(H,21,22). The number of anilines is 1. The van der Waals surface area contributed by atoms with E-state index in [1.54, 1.807) is 18.2 Å². The molecule has 0 unspecified atom stereocenters. The molecule has 6 heteroatoms. The number of hydrogen-bond donors (Lipinski definition) is 2. The van der Waals surface area contributed by atoms with Crippen LogP contribution in [0.15, 0.2) is 53.0 Å². The minimum Gasteiger partial charge on any atom is -0.366 e. The minimum atomic E-state index is -0.450. The number of carbonyl (C=O) groups excluding carboxylic acids is 1. The number of halogens is 2. The number of aromatic nitrogens is 1. The molecule has 0 aliphatic carbocycles. The van der Waals surface area contributed by atoms with E-state index >= 15 is 0 Å². The second-order valence-electron chi connectivity index (χ2n) is 5.07. The molecule has 0 spiro atoms. The summed E-state index contributed by atoms with van der Waals surface area (Å²) in [5, 5.41) is 4.03. The molecular weight excluding hydrogens is 361 g/mol. The van der Waals surface area contributed by atoms with Crippen LogP contribution >= 0.6 is 15.9 Å². The van der Waals surface area contributed by atoms with Crippen molar-refractivity contribution in [2.75, 3.05) is 5.32 Å². The van der Waals surface area contributed by atoms with Crippen molar-refractivity contribution in [1.82, 2.24) is 4.98 Å². The first-order valence-electron chi connectivity index (χ1n) is 6.91. The molecule has 3 aromatic rings. The second-order valence-corrected chi connectivity index (χ2v) is 5.92. The highest BCUT2D eigenvalue weighted by molar-refractivity contribution is 9.10. The van der Waals surface area contributed by atoms with Crippen molar-refractivity contribution in [3.63, 3.8) is 0 Å². The fourth-order valence-corrected chi connectivity index (χ4v) is 2.56. The predicted octanol–water partition coefficient (Wildman–Crippen LogP) is 3.85. The van der Waals surface area contributed by atoms with E-state index in [1.807, 2.05) is 24.3 Å². The maximum Gasteiger partial charge on any atom is 0.248 e. The van der Waals surface area contributed by atoms with Crippen LogP contribution in [-0.4, -0.2) is 10.9 Å². The summed E-state index contributed by atoms with van der Waals surface area (Å²) < 4.78 is 14.0. The molecule has 0 aliphatic rings. The van der Waals surface area contributed by atoms with Crippen LogP contribution in [0.2, 0.25) is 0 Å². The Bertz CT molecular complexity index is 881. The molecule has 0 atom stereocenters. The Hall–Kier alpha value is -2.47. The third-order valence-corrected chi connectivity index (χ3v) is 4.05. The maximum atomic E-state index is 13.6. The van der Waals surface area contributed by atoms with Gasteiger partial charge in [-0.3, -0.25) is 4.79 Å². The highest BCUT2D eigenvalue weighted by atomic mass is 79.9. The van der Waals surface area contributed by atoms with Gasteiger partial charge in [-0.25, -0.2) is 9.37 Å². The average Bonchev–Trinajstić information content (AvgIpc) is 2.54. The fraction of sp³-hybridized carbons (Fsp3) is 0.0588. The van der Waals surface area contributed by atoms with E-state index in [0.29, 0.717) is 27.9 Å². The first-order chi connectivity index (χ1) is 11.0. The third kappa shape index (κ3) is 3.48. The van der Waals surface area contributed by atoms with Gasteiger partial charge in [-0.2, -0.15) is 0 Å². The van der Waals surface area contributed by atoms with Crippen molar-refractivity contribution in [2.45, 2.75) is 6.54 Å². The molecule has 0 aliphatic heterocycles. The number of benzene rings is 2.